The van der Waals surface area contributed by atoms with Crippen LogP contribution in [0.5, 0.6) is 5.75 Å². The highest BCUT2D eigenvalue weighted by Crippen LogP contribution is 2.28. The van der Waals surface area contributed by atoms with Gasteiger partial charge in [-0.1, -0.05) is 6.07 Å². The zero-order valence-electron chi connectivity index (χ0n) is 14.7. The summed E-state index contributed by atoms with van der Waals surface area (Å²) >= 11 is 0. The molecule has 3 atom stereocenters. The minimum absolute atomic E-state index is 0.0305. The second kappa shape index (κ2) is 8.15. The molecule has 1 saturated carbocycles. The second-order valence-electron chi connectivity index (χ2n) is 7.08. The molecule has 2 fully saturated rings. The first-order valence-electron chi connectivity index (χ1n) is 9.14. The predicted octanol–water partition coefficient (Wildman–Crippen LogP) is 1.94. The Morgan fingerprint density at radius 3 is 2.76 bits per heavy atom. The van der Waals surface area contributed by atoms with Crippen LogP contribution in [0.25, 0.3) is 0 Å². The number of piperidine rings is 1. The van der Waals surface area contributed by atoms with Crippen LogP contribution in [0.2, 0.25) is 0 Å². The van der Waals surface area contributed by atoms with E-state index in [2.05, 4.69) is 5.32 Å². The van der Waals surface area contributed by atoms with Gasteiger partial charge in [0, 0.05) is 19.0 Å². The van der Waals surface area contributed by atoms with Crippen LogP contribution in [0.4, 0.5) is 4.39 Å². The fraction of sp³-hybridized carbons (Fsp3) is 0.632. The molecular formula is C19H27FN2O3. The highest BCUT2D eigenvalue weighted by atomic mass is 19.1. The van der Waals surface area contributed by atoms with E-state index in [4.69, 9.17) is 4.74 Å². The smallest absolute Gasteiger partial charge is 0.225 e. The lowest BCUT2D eigenvalue weighted by molar-refractivity contribution is -0.143. The molecular weight excluding hydrogens is 323 g/mol. The van der Waals surface area contributed by atoms with Crippen molar-refractivity contribution in [1.82, 2.24) is 10.2 Å². The van der Waals surface area contributed by atoms with Gasteiger partial charge in [0.15, 0.2) is 0 Å². The van der Waals surface area contributed by atoms with Gasteiger partial charge in [0.1, 0.15) is 23.8 Å². The van der Waals surface area contributed by atoms with Gasteiger partial charge in [-0.15, -0.1) is 0 Å². The summed E-state index contributed by atoms with van der Waals surface area (Å²) in [6, 6.07) is 5.70. The topological polar surface area (TPSA) is 61.8 Å². The number of aliphatic hydroxyl groups is 1. The average molecular weight is 350 g/mol. The van der Waals surface area contributed by atoms with Crippen LogP contribution in [0.3, 0.4) is 0 Å². The zero-order chi connectivity index (χ0) is 17.8. The molecule has 138 valence electrons. The molecule has 0 bridgehead atoms. The lowest BCUT2D eigenvalue weighted by Gasteiger charge is -2.41. The summed E-state index contributed by atoms with van der Waals surface area (Å²) in [5.41, 5.74) is 0. The van der Waals surface area contributed by atoms with Crippen molar-refractivity contribution < 1.29 is 19.0 Å². The predicted molar refractivity (Wildman–Crippen MR) is 92.8 cm³/mol. The molecule has 1 heterocycles. The number of rotatable bonds is 4. The quantitative estimate of drug-likeness (QED) is 0.871. The molecule has 0 radical (unpaired) electrons. The maximum Gasteiger partial charge on any atom is 0.225 e. The lowest BCUT2D eigenvalue weighted by atomic mass is 9.87. The van der Waals surface area contributed by atoms with Crippen LogP contribution in [0.15, 0.2) is 24.3 Å². The Kier molecular flexibility index (Phi) is 5.91. The fourth-order valence-corrected chi connectivity index (χ4v) is 3.90. The molecule has 1 saturated heterocycles. The minimum atomic E-state index is -0.771. The SMILES string of the molecule is CN(C(=O)C1CCNCC1)[C@@H]1CCC[C@H](Oc2cccc(F)c2)[C@H]1O. The van der Waals surface area contributed by atoms with E-state index in [-0.39, 0.29) is 23.7 Å². The zero-order valence-corrected chi connectivity index (χ0v) is 14.7. The number of carbonyl (C=O) groups excluding carboxylic acids is 1. The third-order valence-electron chi connectivity index (χ3n) is 5.38. The summed E-state index contributed by atoms with van der Waals surface area (Å²) in [5, 5.41) is 14.0. The van der Waals surface area contributed by atoms with Crippen molar-refractivity contribution in [2.45, 2.75) is 50.4 Å². The number of benzene rings is 1. The van der Waals surface area contributed by atoms with E-state index in [0.29, 0.717) is 12.2 Å². The molecule has 25 heavy (non-hydrogen) atoms. The van der Waals surface area contributed by atoms with Crippen LogP contribution in [0, 0.1) is 11.7 Å². The molecule has 1 aliphatic carbocycles. The Hall–Kier alpha value is -1.66. The van der Waals surface area contributed by atoms with Crippen molar-refractivity contribution >= 4 is 5.91 Å². The van der Waals surface area contributed by atoms with Crippen LogP contribution in [-0.2, 0) is 4.79 Å². The van der Waals surface area contributed by atoms with E-state index < -0.39 is 12.2 Å². The molecule has 2 aliphatic rings. The van der Waals surface area contributed by atoms with Gasteiger partial charge in [0.05, 0.1) is 6.04 Å². The van der Waals surface area contributed by atoms with E-state index in [9.17, 15) is 14.3 Å². The van der Waals surface area contributed by atoms with E-state index in [1.165, 1.54) is 12.1 Å². The number of hydrogen-bond donors (Lipinski definition) is 2. The molecule has 3 rings (SSSR count). The normalized spacial score (nSPS) is 27.7. The molecule has 0 spiro atoms. The average Bonchev–Trinajstić information content (AvgIpc) is 2.63. The minimum Gasteiger partial charge on any atom is -0.488 e. The first-order valence-corrected chi connectivity index (χ1v) is 9.14. The van der Waals surface area contributed by atoms with E-state index in [1.807, 2.05) is 0 Å². The van der Waals surface area contributed by atoms with Crippen LogP contribution in [0.1, 0.15) is 32.1 Å². The van der Waals surface area contributed by atoms with Gasteiger partial charge in [0.25, 0.3) is 0 Å². The fourth-order valence-electron chi connectivity index (χ4n) is 3.90. The van der Waals surface area contributed by atoms with Crippen molar-refractivity contribution in [1.29, 1.82) is 0 Å². The number of halogens is 1. The van der Waals surface area contributed by atoms with Gasteiger partial charge in [-0.2, -0.15) is 0 Å². The summed E-state index contributed by atoms with van der Waals surface area (Å²) in [7, 11) is 1.78. The summed E-state index contributed by atoms with van der Waals surface area (Å²) in [4.78, 5) is 14.5. The molecule has 0 aromatic heterocycles. The number of aliphatic hydroxyl groups excluding tert-OH is 1. The monoisotopic (exact) mass is 350 g/mol. The number of amides is 1. The number of nitrogens with one attached hydrogen (secondary N) is 1. The van der Waals surface area contributed by atoms with Crippen molar-refractivity contribution in [3.8, 4) is 5.75 Å². The first kappa shape index (κ1) is 18.1. The van der Waals surface area contributed by atoms with Gasteiger partial charge < -0.3 is 20.1 Å². The number of ether oxygens (including phenoxy) is 1. The Morgan fingerprint density at radius 1 is 1.28 bits per heavy atom. The van der Waals surface area contributed by atoms with E-state index in [1.54, 1.807) is 24.1 Å². The highest BCUT2D eigenvalue weighted by molar-refractivity contribution is 5.79. The van der Waals surface area contributed by atoms with Crippen LogP contribution >= 0.6 is 0 Å². The maximum absolute atomic E-state index is 13.3. The number of likely N-dealkylation sites (N-methyl/N-ethyl adjacent to an activating group) is 1. The Balaban J connectivity index is 1.64. The second-order valence-corrected chi connectivity index (χ2v) is 7.08. The summed E-state index contributed by atoms with van der Waals surface area (Å²) in [6.45, 7) is 1.73. The summed E-state index contributed by atoms with van der Waals surface area (Å²) in [5.74, 6) is 0.189. The van der Waals surface area contributed by atoms with E-state index >= 15 is 0 Å². The molecule has 1 aliphatic heterocycles. The van der Waals surface area contributed by atoms with Crippen LogP contribution < -0.4 is 10.1 Å². The maximum atomic E-state index is 13.3. The first-order chi connectivity index (χ1) is 12.1. The van der Waals surface area contributed by atoms with Crippen molar-refractivity contribution in [2.75, 3.05) is 20.1 Å². The van der Waals surface area contributed by atoms with E-state index in [0.717, 1.165) is 38.8 Å². The van der Waals surface area contributed by atoms with Gasteiger partial charge >= 0.3 is 0 Å². The summed E-state index contributed by atoms with van der Waals surface area (Å²) < 4.78 is 19.2. The molecule has 1 aromatic carbocycles. The number of hydrogen-bond acceptors (Lipinski definition) is 4. The van der Waals surface area contributed by atoms with Crippen molar-refractivity contribution in [2.24, 2.45) is 5.92 Å². The number of carbonyl (C=O) groups is 1. The standard InChI is InChI=1S/C19H27FN2O3/c1-22(19(24)13-8-10-21-11-9-13)16-6-3-7-17(18(16)23)25-15-5-2-4-14(20)12-15/h2,4-5,12-13,16-18,21,23H,3,6-11H2,1H3/t16-,17+,18+/m1/s1. The Morgan fingerprint density at radius 2 is 2.04 bits per heavy atom. The molecule has 1 amide bonds. The molecule has 1 aromatic rings. The van der Waals surface area contributed by atoms with Crippen molar-refractivity contribution in [3.63, 3.8) is 0 Å². The largest absolute Gasteiger partial charge is 0.488 e. The molecule has 0 unspecified atom stereocenters. The third-order valence-corrected chi connectivity index (χ3v) is 5.38. The molecule has 2 N–H and O–H groups in total. The van der Waals surface area contributed by atoms with Gasteiger partial charge in [-0.25, -0.2) is 4.39 Å². The van der Waals surface area contributed by atoms with Gasteiger partial charge in [0.2, 0.25) is 5.91 Å². The van der Waals surface area contributed by atoms with Gasteiger partial charge in [-0.3, -0.25) is 4.79 Å². The lowest BCUT2D eigenvalue weighted by Crippen LogP contribution is -2.55. The number of nitrogens with zero attached hydrogens (tertiary/aromatic N) is 1. The van der Waals surface area contributed by atoms with Crippen LogP contribution in [-0.4, -0.2) is 54.3 Å². The van der Waals surface area contributed by atoms with Gasteiger partial charge in [-0.05, 0) is 57.3 Å². The Labute approximate surface area is 148 Å². The Bertz CT molecular complexity index is 592. The third kappa shape index (κ3) is 4.30. The highest BCUT2D eigenvalue weighted by Gasteiger charge is 2.38. The molecule has 6 heteroatoms. The molecule has 5 nitrogen and oxygen atoms in total. The summed E-state index contributed by atoms with van der Waals surface area (Å²) in [6.07, 6.45) is 2.81. The van der Waals surface area contributed by atoms with Crippen molar-refractivity contribution in [3.05, 3.63) is 30.1 Å².